The molecule has 1 nitrogen and oxygen atoms in total. The average molecular weight is 182 g/mol. The Morgan fingerprint density at radius 1 is 1.58 bits per heavy atom. The highest BCUT2D eigenvalue weighted by Crippen LogP contribution is 2.39. The summed E-state index contributed by atoms with van der Waals surface area (Å²) in [4.78, 5) is 0. The first-order valence-corrected chi connectivity index (χ1v) is 4.62. The van der Waals surface area contributed by atoms with Crippen molar-refractivity contribution in [1.82, 2.24) is 5.32 Å². The van der Waals surface area contributed by atoms with Crippen LogP contribution in [0, 0.1) is 0 Å². The van der Waals surface area contributed by atoms with Gasteiger partial charge in [0.1, 0.15) is 0 Å². The zero-order chi connectivity index (χ0) is 8.55. The van der Waals surface area contributed by atoms with E-state index < -0.39 is 0 Å². The number of nitrogens with one attached hydrogen (secondary N) is 1. The van der Waals surface area contributed by atoms with E-state index in [0.717, 1.165) is 11.6 Å². The minimum atomic E-state index is 0.638. The molecule has 0 fully saturated rings. The summed E-state index contributed by atoms with van der Waals surface area (Å²) in [5, 5.41) is 4.11. The molecule has 64 valence electrons. The number of benzene rings is 1. The van der Waals surface area contributed by atoms with Gasteiger partial charge in [0.2, 0.25) is 0 Å². The van der Waals surface area contributed by atoms with Gasteiger partial charge in [0, 0.05) is 17.5 Å². The van der Waals surface area contributed by atoms with Crippen LogP contribution in [-0.4, -0.2) is 13.6 Å². The van der Waals surface area contributed by atoms with Gasteiger partial charge in [-0.05, 0) is 30.7 Å². The summed E-state index contributed by atoms with van der Waals surface area (Å²) in [5.41, 5.74) is 2.77. The Bertz CT molecular complexity index is 282. The number of rotatable bonds is 2. The van der Waals surface area contributed by atoms with Crippen molar-refractivity contribution < 1.29 is 0 Å². The Labute approximate surface area is 77.7 Å². The standard InChI is InChI=1S/C10H12ClN/c1-12-6-8-5-7-3-2-4-9(11)10(7)8/h2-4,8,12H,5-6H2,1H3. The maximum atomic E-state index is 6.07. The first-order chi connectivity index (χ1) is 5.83. The third-order valence-corrected chi connectivity index (χ3v) is 2.80. The van der Waals surface area contributed by atoms with E-state index in [1.54, 1.807) is 0 Å². The second-order valence-corrected chi connectivity index (χ2v) is 3.68. The largest absolute Gasteiger partial charge is 0.319 e. The van der Waals surface area contributed by atoms with E-state index in [4.69, 9.17) is 11.6 Å². The molecule has 1 atom stereocenters. The SMILES string of the molecule is CNCC1Cc2cccc(Cl)c21. The Hall–Kier alpha value is -0.530. The smallest absolute Gasteiger partial charge is 0.0444 e. The monoisotopic (exact) mass is 181 g/mol. The molecular weight excluding hydrogens is 170 g/mol. The van der Waals surface area contributed by atoms with Gasteiger partial charge in [0.05, 0.1) is 0 Å². The molecule has 1 aliphatic rings. The summed E-state index contributed by atoms with van der Waals surface area (Å²) in [6.07, 6.45) is 1.18. The Morgan fingerprint density at radius 3 is 3.08 bits per heavy atom. The van der Waals surface area contributed by atoms with Crippen LogP contribution in [0.2, 0.25) is 5.02 Å². The fourth-order valence-electron chi connectivity index (χ4n) is 1.87. The molecule has 0 aromatic heterocycles. The van der Waals surface area contributed by atoms with E-state index in [-0.39, 0.29) is 0 Å². The highest BCUT2D eigenvalue weighted by Gasteiger charge is 2.27. The van der Waals surface area contributed by atoms with Crippen molar-refractivity contribution in [2.45, 2.75) is 12.3 Å². The van der Waals surface area contributed by atoms with Gasteiger partial charge in [-0.15, -0.1) is 0 Å². The van der Waals surface area contributed by atoms with Crippen molar-refractivity contribution >= 4 is 11.6 Å². The van der Waals surface area contributed by atoms with Gasteiger partial charge in [-0.2, -0.15) is 0 Å². The molecule has 1 N–H and O–H groups in total. The molecule has 1 unspecified atom stereocenters. The molecule has 1 aromatic carbocycles. The van der Waals surface area contributed by atoms with Gasteiger partial charge in [0.25, 0.3) is 0 Å². The van der Waals surface area contributed by atoms with Crippen LogP contribution in [0.3, 0.4) is 0 Å². The summed E-state index contributed by atoms with van der Waals surface area (Å²) in [5.74, 6) is 0.638. The molecule has 1 aromatic rings. The Kier molecular flexibility index (Phi) is 2.07. The lowest BCUT2D eigenvalue weighted by molar-refractivity contribution is 0.568. The Morgan fingerprint density at radius 2 is 2.42 bits per heavy atom. The first kappa shape index (κ1) is 8.09. The number of likely N-dealkylation sites (N-methyl/N-ethyl adjacent to an activating group) is 1. The van der Waals surface area contributed by atoms with Crippen LogP contribution in [0.25, 0.3) is 0 Å². The lowest BCUT2D eigenvalue weighted by Gasteiger charge is -2.30. The molecule has 0 aliphatic heterocycles. The van der Waals surface area contributed by atoms with Crippen molar-refractivity contribution in [3.05, 3.63) is 34.3 Å². The zero-order valence-electron chi connectivity index (χ0n) is 7.10. The number of fused-ring (bicyclic) bond motifs is 1. The quantitative estimate of drug-likeness (QED) is 0.738. The van der Waals surface area contributed by atoms with Crippen LogP contribution < -0.4 is 5.32 Å². The molecule has 1 aliphatic carbocycles. The Balaban J connectivity index is 2.27. The molecule has 0 bridgehead atoms. The fourth-order valence-corrected chi connectivity index (χ4v) is 2.22. The summed E-state index contributed by atoms with van der Waals surface area (Å²) in [7, 11) is 1.98. The van der Waals surface area contributed by atoms with E-state index in [2.05, 4.69) is 11.4 Å². The molecule has 0 heterocycles. The summed E-state index contributed by atoms with van der Waals surface area (Å²) in [6, 6.07) is 6.16. The first-order valence-electron chi connectivity index (χ1n) is 4.25. The fraction of sp³-hybridized carbons (Fsp3) is 0.400. The van der Waals surface area contributed by atoms with Gasteiger partial charge >= 0.3 is 0 Å². The molecule has 2 rings (SSSR count). The van der Waals surface area contributed by atoms with E-state index in [0.29, 0.717) is 5.92 Å². The normalized spacial score (nSPS) is 20.0. The summed E-state index contributed by atoms with van der Waals surface area (Å²) >= 11 is 6.07. The molecule has 0 amide bonds. The van der Waals surface area contributed by atoms with E-state index in [1.807, 2.05) is 19.2 Å². The van der Waals surface area contributed by atoms with Crippen molar-refractivity contribution in [3.8, 4) is 0 Å². The number of hydrogen-bond donors (Lipinski definition) is 1. The summed E-state index contributed by atoms with van der Waals surface area (Å²) < 4.78 is 0. The van der Waals surface area contributed by atoms with Crippen molar-refractivity contribution in [3.63, 3.8) is 0 Å². The van der Waals surface area contributed by atoms with Crippen LogP contribution in [0.5, 0.6) is 0 Å². The van der Waals surface area contributed by atoms with Crippen LogP contribution in [0.4, 0.5) is 0 Å². The highest BCUT2D eigenvalue weighted by atomic mass is 35.5. The predicted molar refractivity (Wildman–Crippen MR) is 51.8 cm³/mol. The number of halogens is 1. The van der Waals surface area contributed by atoms with Crippen molar-refractivity contribution in [2.75, 3.05) is 13.6 Å². The minimum Gasteiger partial charge on any atom is -0.319 e. The van der Waals surface area contributed by atoms with Crippen molar-refractivity contribution in [2.24, 2.45) is 0 Å². The van der Waals surface area contributed by atoms with Gasteiger partial charge in [-0.3, -0.25) is 0 Å². The molecule has 2 heteroatoms. The second-order valence-electron chi connectivity index (χ2n) is 3.27. The zero-order valence-corrected chi connectivity index (χ0v) is 7.86. The molecule has 0 saturated carbocycles. The van der Waals surface area contributed by atoms with Gasteiger partial charge in [-0.25, -0.2) is 0 Å². The van der Waals surface area contributed by atoms with Crippen LogP contribution in [0.1, 0.15) is 17.0 Å². The highest BCUT2D eigenvalue weighted by molar-refractivity contribution is 6.31. The third kappa shape index (κ3) is 1.13. The van der Waals surface area contributed by atoms with E-state index in [9.17, 15) is 0 Å². The van der Waals surface area contributed by atoms with E-state index >= 15 is 0 Å². The minimum absolute atomic E-state index is 0.638. The lowest BCUT2D eigenvalue weighted by atomic mass is 9.77. The van der Waals surface area contributed by atoms with Crippen LogP contribution >= 0.6 is 11.6 Å². The van der Waals surface area contributed by atoms with Gasteiger partial charge in [0.15, 0.2) is 0 Å². The molecule has 0 spiro atoms. The second kappa shape index (κ2) is 3.08. The molecule has 12 heavy (non-hydrogen) atoms. The molecule has 0 radical (unpaired) electrons. The van der Waals surface area contributed by atoms with Crippen LogP contribution in [-0.2, 0) is 6.42 Å². The number of hydrogen-bond acceptors (Lipinski definition) is 1. The lowest BCUT2D eigenvalue weighted by Crippen LogP contribution is -2.27. The van der Waals surface area contributed by atoms with Gasteiger partial charge in [-0.1, -0.05) is 23.7 Å². The maximum absolute atomic E-state index is 6.07. The third-order valence-electron chi connectivity index (χ3n) is 2.47. The predicted octanol–water partition coefficient (Wildman–Crippen LogP) is 2.20. The van der Waals surface area contributed by atoms with Crippen molar-refractivity contribution in [1.29, 1.82) is 0 Å². The average Bonchev–Trinajstić information content (AvgIpc) is 2.00. The maximum Gasteiger partial charge on any atom is 0.0444 e. The summed E-state index contributed by atoms with van der Waals surface area (Å²) in [6.45, 7) is 1.04. The topological polar surface area (TPSA) is 12.0 Å². The van der Waals surface area contributed by atoms with Gasteiger partial charge < -0.3 is 5.32 Å². The molecular formula is C10H12ClN. The van der Waals surface area contributed by atoms with E-state index in [1.165, 1.54) is 17.5 Å². The molecule has 0 saturated heterocycles. The van der Waals surface area contributed by atoms with Crippen LogP contribution in [0.15, 0.2) is 18.2 Å².